The topological polar surface area (TPSA) is 29.2 Å². The van der Waals surface area contributed by atoms with Crippen molar-refractivity contribution in [1.29, 1.82) is 0 Å². The quantitative estimate of drug-likeness (QED) is 0.370. The smallest absolute Gasteiger partial charge is 0.198 e. The van der Waals surface area contributed by atoms with Crippen molar-refractivity contribution in [3.8, 4) is 0 Å². The first-order valence-electron chi connectivity index (χ1n) is 11.0. The van der Waals surface area contributed by atoms with Crippen LogP contribution in [0.5, 0.6) is 0 Å². The lowest BCUT2D eigenvalue weighted by Crippen LogP contribution is -2.23. The summed E-state index contributed by atoms with van der Waals surface area (Å²) in [6.45, 7) is 3.03. The van der Waals surface area contributed by atoms with Gasteiger partial charge >= 0.3 is 0 Å². The molecule has 2 aromatic carbocycles. The Kier molecular flexibility index (Phi) is 7.28. The third kappa shape index (κ3) is 5.77. The van der Waals surface area contributed by atoms with Crippen molar-refractivity contribution in [2.24, 2.45) is 0 Å². The Morgan fingerprint density at radius 1 is 1.09 bits per heavy atom. The number of hydrogen-bond donors (Lipinski definition) is 0. The van der Waals surface area contributed by atoms with E-state index in [9.17, 15) is 4.39 Å². The van der Waals surface area contributed by atoms with Gasteiger partial charge in [-0.05, 0) is 87.0 Å². The fourth-order valence-corrected chi connectivity index (χ4v) is 4.27. The molecule has 0 spiro atoms. The molecule has 3 aromatic rings. The van der Waals surface area contributed by atoms with Crippen molar-refractivity contribution in [1.82, 2.24) is 19.2 Å². The van der Waals surface area contributed by atoms with Crippen LogP contribution in [0.1, 0.15) is 30.7 Å². The van der Waals surface area contributed by atoms with Crippen molar-refractivity contribution in [3.05, 3.63) is 75.5 Å². The molecule has 1 aliphatic carbocycles. The first-order chi connectivity index (χ1) is 15.4. The van der Waals surface area contributed by atoms with Crippen LogP contribution in [0.3, 0.4) is 0 Å². The highest BCUT2D eigenvalue weighted by molar-refractivity contribution is 7.71. The minimum absolute atomic E-state index is 0.242. The Labute approximate surface area is 199 Å². The molecule has 1 heterocycles. The van der Waals surface area contributed by atoms with Crippen LogP contribution in [0.4, 0.5) is 10.1 Å². The third-order valence-corrected chi connectivity index (χ3v) is 6.63. The zero-order valence-corrected chi connectivity index (χ0v) is 20.1. The van der Waals surface area contributed by atoms with E-state index in [-0.39, 0.29) is 5.82 Å². The Hall–Kier alpha value is -2.22. The molecule has 0 amide bonds. The zero-order valence-electron chi connectivity index (χ0n) is 18.5. The minimum atomic E-state index is -0.242. The molecule has 0 N–H and O–H groups in total. The van der Waals surface area contributed by atoms with Gasteiger partial charge in [0.15, 0.2) is 10.6 Å². The molecule has 0 atom stereocenters. The predicted molar refractivity (Wildman–Crippen MR) is 130 cm³/mol. The third-order valence-electron chi connectivity index (χ3n) is 5.95. The monoisotopic (exact) mass is 473 g/mol. The van der Waals surface area contributed by atoms with E-state index in [1.54, 1.807) is 12.1 Å². The standard InChI is InChI=1S/C24H29ClFN5S/c1-28(21-12-13-21)14-3-15-31-24(32)30(16-18-4-6-19(25)7-5-18)23(27-31)17-29(2)22-10-8-20(26)9-11-22/h4-11,21H,3,12-17H2,1-2H3. The van der Waals surface area contributed by atoms with E-state index in [1.165, 1.54) is 25.0 Å². The Balaban J connectivity index is 1.54. The molecule has 0 bridgehead atoms. The van der Waals surface area contributed by atoms with Gasteiger partial charge in [-0.15, -0.1) is 0 Å². The summed E-state index contributed by atoms with van der Waals surface area (Å²) in [7, 11) is 4.17. The molecule has 1 saturated carbocycles. The Bertz CT molecular complexity index is 1090. The van der Waals surface area contributed by atoms with E-state index in [0.717, 1.165) is 47.4 Å². The molecule has 0 radical (unpaired) electrons. The van der Waals surface area contributed by atoms with Crippen molar-refractivity contribution >= 4 is 29.5 Å². The van der Waals surface area contributed by atoms with E-state index >= 15 is 0 Å². The summed E-state index contributed by atoms with van der Waals surface area (Å²) in [4.78, 5) is 4.48. The second kappa shape index (κ2) is 10.1. The molecule has 0 unspecified atom stereocenters. The molecule has 8 heteroatoms. The largest absolute Gasteiger partial charge is 0.367 e. The number of anilines is 1. The van der Waals surface area contributed by atoms with Crippen LogP contribution in [0.15, 0.2) is 48.5 Å². The first-order valence-corrected chi connectivity index (χ1v) is 11.8. The van der Waals surface area contributed by atoms with Gasteiger partial charge in [0.1, 0.15) is 5.82 Å². The fraction of sp³-hybridized carbons (Fsp3) is 0.417. The van der Waals surface area contributed by atoms with E-state index in [4.69, 9.17) is 28.9 Å². The van der Waals surface area contributed by atoms with Gasteiger partial charge in [-0.3, -0.25) is 4.57 Å². The summed E-state index contributed by atoms with van der Waals surface area (Å²) < 4.78 is 18.1. The Morgan fingerprint density at radius 2 is 1.78 bits per heavy atom. The number of hydrogen-bond acceptors (Lipinski definition) is 4. The SMILES string of the molecule is CN(Cc1nn(CCCN(C)C2CC2)c(=S)n1Cc1ccc(Cl)cc1)c1ccc(F)cc1. The van der Waals surface area contributed by atoms with Crippen LogP contribution in [0.2, 0.25) is 5.02 Å². The minimum Gasteiger partial charge on any atom is -0.367 e. The summed E-state index contributed by atoms with van der Waals surface area (Å²) >= 11 is 11.9. The molecule has 1 fully saturated rings. The molecular weight excluding hydrogens is 445 g/mol. The van der Waals surface area contributed by atoms with E-state index in [2.05, 4.69) is 21.4 Å². The Morgan fingerprint density at radius 3 is 2.44 bits per heavy atom. The van der Waals surface area contributed by atoms with Crippen LogP contribution in [0, 0.1) is 10.6 Å². The van der Waals surface area contributed by atoms with Gasteiger partial charge in [-0.25, -0.2) is 9.07 Å². The maximum absolute atomic E-state index is 13.3. The molecule has 32 heavy (non-hydrogen) atoms. The number of aryl methyl sites for hydroxylation is 1. The van der Waals surface area contributed by atoms with E-state index in [1.807, 2.05) is 36.0 Å². The number of benzene rings is 2. The zero-order chi connectivity index (χ0) is 22.7. The highest BCUT2D eigenvalue weighted by Gasteiger charge is 2.25. The van der Waals surface area contributed by atoms with Crippen LogP contribution in [-0.2, 0) is 19.6 Å². The average Bonchev–Trinajstić information content (AvgIpc) is 3.59. The molecule has 170 valence electrons. The maximum atomic E-state index is 13.3. The first kappa shape index (κ1) is 23.0. The second-order valence-corrected chi connectivity index (χ2v) is 9.33. The number of aromatic nitrogens is 3. The second-order valence-electron chi connectivity index (χ2n) is 8.53. The van der Waals surface area contributed by atoms with Gasteiger partial charge in [-0.1, -0.05) is 23.7 Å². The number of nitrogens with zero attached hydrogens (tertiary/aromatic N) is 5. The van der Waals surface area contributed by atoms with Crippen LogP contribution >= 0.6 is 23.8 Å². The van der Waals surface area contributed by atoms with Crippen molar-refractivity contribution in [2.75, 3.05) is 25.5 Å². The highest BCUT2D eigenvalue weighted by Crippen LogP contribution is 2.25. The van der Waals surface area contributed by atoms with Gasteiger partial charge in [-0.2, -0.15) is 5.10 Å². The van der Waals surface area contributed by atoms with Crippen molar-refractivity contribution < 1.29 is 4.39 Å². The normalized spacial score (nSPS) is 13.7. The molecule has 4 rings (SSSR count). The van der Waals surface area contributed by atoms with E-state index < -0.39 is 0 Å². The number of rotatable bonds is 10. The average molecular weight is 474 g/mol. The molecule has 0 aliphatic heterocycles. The van der Waals surface area contributed by atoms with Crippen LogP contribution in [-0.4, -0.2) is 45.9 Å². The highest BCUT2D eigenvalue weighted by atomic mass is 35.5. The molecule has 5 nitrogen and oxygen atoms in total. The lowest BCUT2D eigenvalue weighted by Gasteiger charge is -2.19. The van der Waals surface area contributed by atoms with Gasteiger partial charge in [0, 0.05) is 30.3 Å². The molecule has 1 aliphatic rings. The predicted octanol–water partition coefficient (Wildman–Crippen LogP) is 5.38. The summed E-state index contributed by atoms with van der Waals surface area (Å²) in [6, 6.07) is 15.1. The summed E-state index contributed by atoms with van der Waals surface area (Å²) in [6.07, 6.45) is 3.63. The summed E-state index contributed by atoms with van der Waals surface area (Å²) in [5.74, 6) is 0.639. The lowest BCUT2D eigenvalue weighted by molar-refractivity contribution is 0.308. The van der Waals surface area contributed by atoms with E-state index in [0.29, 0.717) is 18.1 Å². The molecule has 0 saturated heterocycles. The fourth-order valence-electron chi connectivity index (χ4n) is 3.85. The van der Waals surface area contributed by atoms with Gasteiger partial charge in [0.25, 0.3) is 0 Å². The van der Waals surface area contributed by atoms with Gasteiger partial charge < -0.3 is 9.80 Å². The van der Waals surface area contributed by atoms with Crippen LogP contribution in [0.25, 0.3) is 0 Å². The van der Waals surface area contributed by atoms with Crippen molar-refractivity contribution in [2.45, 2.75) is 44.9 Å². The van der Waals surface area contributed by atoms with Crippen LogP contribution < -0.4 is 4.90 Å². The molecule has 1 aromatic heterocycles. The molecular formula is C24H29ClFN5S. The van der Waals surface area contributed by atoms with Crippen molar-refractivity contribution in [3.63, 3.8) is 0 Å². The van der Waals surface area contributed by atoms with Gasteiger partial charge in [0.2, 0.25) is 0 Å². The summed E-state index contributed by atoms with van der Waals surface area (Å²) in [5.41, 5.74) is 2.04. The maximum Gasteiger partial charge on any atom is 0.198 e. The number of halogens is 2. The van der Waals surface area contributed by atoms with Gasteiger partial charge in [0.05, 0.1) is 13.1 Å². The summed E-state index contributed by atoms with van der Waals surface area (Å²) in [5, 5.41) is 5.59. The lowest BCUT2D eigenvalue weighted by atomic mass is 10.2.